The molecule has 0 unspecified atom stereocenters. The molecule has 2 aliphatic rings. The van der Waals surface area contributed by atoms with Gasteiger partial charge in [-0.3, -0.25) is 14.4 Å². The van der Waals surface area contributed by atoms with Crippen molar-refractivity contribution < 1.29 is 23.9 Å². The summed E-state index contributed by atoms with van der Waals surface area (Å²) in [6.45, 7) is 2.71. The van der Waals surface area contributed by atoms with Gasteiger partial charge in [0.1, 0.15) is 0 Å². The average Bonchev–Trinajstić information content (AvgIpc) is 3.51. The summed E-state index contributed by atoms with van der Waals surface area (Å²) in [5.74, 6) is 0.548. The summed E-state index contributed by atoms with van der Waals surface area (Å²) in [5, 5.41) is 2.87. The number of nitrogens with zero attached hydrogens (tertiary/aromatic N) is 2. The molecule has 8 heteroatoms. The molecule has 1 N–H and O–H groups in total. The fourth-order valence-electron chi connectivity index (χ4n) is 4.30. The Kier molecular flexibility index (Phi) is 6.82. The maximum Gasteiger partial charge on any atom is 0.256 e. The summed E-state index contributed by atoms with van der Waals surface area (Å²) < 4.78 is 10.8. The van der Waals surface area contributed by atoms with E-state index in [1.165, 1.54) is 14.2 Å². The van der Waals surface area contributed by atoms with Crippen molar-refractivity contribution in [2.45, 2.75) is 32.2 Å². The van der Waals surface area contributed by atoms with Gasteiger partial charge in [-0.15, -0.1) is 0 Å². The Hall–Kier alpha value is -3.55. The van der Waals surface area contributed by atoms with Crippen molar-refractivity contribution >= 4 is 23.4 Å². The Morgan fingerprint density at radius 2 is 1.61 bits per heavy atom. The van der Waals surface area contributed by atoms with Crippen LogP contribution in [-0.4, -0.2) is 61.4 Å². The monoisotopic (exact) mass is 451 g/mol. The largest absolute Gasteiger partial charge is 0.493 e. The van der Waals surface area contributed by atoms with Crippen molar-refractivity contribution in [3.63, 3.8) is 0 Å². The van der Waals surface area contributed by atoms with Gasteiger partial charge in [0.05, 0.1) is 25.5 Å². The highest BCUT2D eigenvalue weighted by molar-refractivity contribution is 6.09. The van der Waals surface area contributed by atoms with E-state index in [1.54, 1.807) is 29.2 Å². The van der Waals surface area contributed by atoms with Crippen LogP contribution >= 0.6 is 0 Å². The van der Waals surface area contributed by atoms with Crippen LogP contribution in [0, 0.1) is 0 Å². The maximum atomic E-state index is 13.1. The molecule has 0 aromatic heterocycles. The van der Waals surface area contributed by atoms with Crippen molar-refractivity contribution in [2.75, 3.05) is 39.2 Å². The van der Waals surface area contributed by atoms with E-state index >= 15 is 0 Å². The minimum Gasteiger partial charge on any atom is -0.493 e. The number of carbonyl (C=O) groups excluding carboxylic acids is 3. The van der Waals surface area contributed by atoms with Crippen LogP contribution in [0.15, 0.2) is 36.4 Å². The summed E-state index contributed by atoms with van der Waals surface area (Å²) in [5.41, 5.74) is 2.17. The second kappa shape index (κ2) is 9.94. The summed E-state index contributed by atoms with van der Waals surface area (Å²) in [7, 11) is 3.02. The molecular formula is C25H29N3O5. The Morgan fingerprint density at radius 3 is 2.21 bits per heavy atom. The predicted molar refractivity (Wildman–Crippen MR) is 124 cm³/mol. The van der Waals surface area contributed by atoms with Crippen molar-refractivity contribution in [1.29, 1.82) is 0 Å². The average molecular weight is 452 g/mol. The predicted octanol–water partition coefficient (Wildman–Crippen LogP) is 3.31. The standard InChI is InChI=1S/C25H29N3O5/c1-32-21-14-19(25(31)27-11-3-4-12-27)20(15-22(21)33-2)26-24(30)18-9-7-17(8-10-18)16-28-13-5-6-23(28)29/h7-10,14-15H,3-6,11-13,16H2,1-2H3,(H,26,30). The number of nitrogens with one attached hydrogen (secondary N) is 1. The number of benzene rings is 2. The Balaban J connectivity index is 1.54. The van der Waals surface area contributed by atoms with Gasteiger partial charge in [0.15, 0.2) is 11.5 Å². The van der Waals surface area contributed by atoms with Crippen LogP contribution in [-0.2, 0) is 11.3 Å². The smallest absolute Gasteiger partial charge is 0.256 e. The summed E-state index contributed by atoms with van der Waals surface area (Å²) in [6, 6.07) is 10.4. The first-order valence-corrected chi connectivity index (χ1v) is 11.2. The van der Waals surface area contributed by atoms with Crippen molar-refractivity contribution in [1.82, 2.24) is 9.80 Å². The van der Waals surface area contributed by atoms with Gasteiger partial charge in [0.2, 0.25) is 5.91 Å². The lowest BCUT2D eigenvalue weighted by Gasteiger charge is -2.20. The van der Waals surface area contributed by atoms with E-state index in [1.807, 2.05) is 17.0 Å². The van der Waals surface area contributed by atoms with Gasteiger partial charge in [0.25, 0.3) is 11.8 Å². The van der Waals surface area contributed by atoms with Gasteiger partial charge in [-0.1, -0.05) is 12.1 Å². The molecule has 0 aliphatic carbocycles. The Morgan fingerprint density at radius 1 is 0.939 bits per heavy atom. The van der Waals surface area contributed by atoms with Crippen LogP contribution < -0.4 is 14.8 Å². The molecule has 4 rings (SSSR count). The Labute approximate surface area is 193 Å². The highest BCUT2D eigenvalue weighted by atomic mass is 16.5. The number of hydrogen-bond donors (Lipinski definition) is 1. The van der Waals surface area contributed by atoms with Gasteiger partial charge in [-0.05, 0) is 43.0 Å². The third-order valence-corrected chi connectivity index (χ3v) is 6.16. The lowest BCUT2D eigenvalue weighted by molar-refractivity contribution is -0.128. The van der Waals surface area contributed by atoms with Gasteiger partial charge in [-0.2, -0.15) is 0 Å². The first kappa shape index (κ1) is 22.6. The van der Waals surface area contributed by atoms with Crippen LogP contribution in [0.2, 0.25) is 0 Å². The molecule has 0 radical (unpaired) electrons. The normalized spacial score (nSPS) is 15.6. The molecule has 0 atom stereocenters. The molecule has 0 spiro atoms. The molecule has 2 saturated heterocycles. The van der Waals surface area contributed by atoms with E-state index in [4.69, 9.17) is 9.47 Å². The van der Waals surface area contributed by atoms with E-state index in [9.17, 15) is 14.4 Å². The maximum absolute atomic E-state index is 13.1. The van der Waals surface area contributed by atoms with E-state index in [0.29, 0.717) is 54.4 Å². The molecule has 2 fully saturated rings. The molecule has 174 valence electrons. The minimum absolute atomic E-state index is 0.144. The van der Waals surface area contributed by atoms with Crippen molar-refractivity contribution in [3.05, 3.63) is 53.1 Å². The lowest BCUT2D eigenvalue weighted by Crippen LogP contribution is -2.29. The fourth-order valence-corrected chi connectivity index (χ4v) is 4.30. The quantitative estimate of drug-likeness (QED) is 0.698. The van der Waals surface area contributed by atoms with Crippen LogP contribution in [0.25, 0.3) is 0 Å². The molecule has 8 nitrogen and oxygen atoms in total. The molecule has 33 heavy (non-hydrogen) atoms. The first-order valence-electron chi connectivity index (χ1n) is 11.2. The second-order valence-electron chi connectivity index (χ2n) is 8.32. The number of methoxy groups -OCH3 is 2. The van der Waals surface area contributed by atoms with Crippen LogP contribution in [0.5, 0.6) is 11.5 Å². The molecular weight excluding hydrogens is 422 g/mol. The minimum atomic E-state index is -0.332. The molecule has 2 aromatic carbocycles. The number of rotatable bonds is 7. The highest BCUT2D eigenvalue weighted by Crippen LogP contribution is 2.34. The molecule has 2 aromatic rings. The molecule has 2 heterocycles. The van der Waals surface area contributed by atoms with Gasteiger partial charge in [-0.25, -0.2) is 0 Å². The number of likely N-dealkylation sites (tertiary alicyclic amines) is 2. The van der Waals surface area contributed by atoms with Gasteiger partial charge in [0, 0.05) is 44.2 Å². The SMILES string of the molecule is COc1cc(NC(=O)c2ccc(CN3CCCC3=O)cc2)c(C(=O)N2CCCC2)cc1OC. The van der Waals surface area contributed by atoms with E-state index in [2.05, 4.69) is 5.32 Å². The van der Waals surface area contributed by atoms with Gasteiger partial charge >= 0.3 is 0 Å². The van der Waals surface area contributed by atoms with Crippen LogP contribution in [0.3, 0.4) is 0 Å². The lowest BCUT2D eigenvalue weighted by atomic mass is 10.1. The van der Waals surface area contributed by atoms with E-state index in [0.717, 1.165) is 31.4 Å². The Bertz CT molecular complexity index is 1040. The molecule has 0 saturated carbocycles. The number of carbonyl (C=O) groups is 3. The zero-order chi connectivity index (χ0) is 23.4. The zero-order valence-corrected chi connectivity index (χ0v) is 19.1. The number of hydrogen-bond acceptors (Lipinski definition) is 5. The third kappa shape index (κ3) is 4.94. The van der Waals surface area contributed by atoms with Crippen LogP contribution in [0.4, 0.5) is 5.69 Å². The van der Waals surface area contributed by atoms with Gasteiger partial charge < -0.3 is 24.6 Å². The number of ether oxygens (including phenoxy) is 2. The highest BCUT2D eigenvalue weighted by Gasteiger charge is 2.25. The second-order valence-corrected chi connectivity index (χ2v) is 8.32. The molecule has 0 bridgehead atoms. The summed E-state index contributed by atoms with van der Waals surface area (Å²) in [4.78, 5) is 41.6. The fraction of sp³-hybridized carbons (Fsp3) is 0.400. The van der Waals surface area contributed by atoms with Crippen molar-refractivity contribution in [3.8, 4) is 11.5 Å². The summed E-state index contributed by atoms with van der Waals surface area (Å²) >= 11 is 0. The third-order valence-electron chi connectivity index (χ3n) is 6.16. The van der Waals surface area contributed by atoms with E-state index < -0.39 is 0 Å². The van der Waals surface area contributed by atoms with E-state index in [-0.39, 0.29) is 17.7 Å². The summed E-state index contributed by atoms with van der Waals surface area (Å²) in [6.07, 6.45) is 3.43. The topological polar surface area (TPSA) is 88.2 Å². The number of amides is 3. The van der Waals surface area contributed by atoms with Crippen LogP contribution in [0.1, 0.15) is 52.0 Å². The number of anilines is 1. The zero-order valence-electron chi connectivity index (χ0n) is 19.1. The van der Waals surface area contributed by atoms with Crippen molar-refractivity contribution in [2.24, 2.45) is 0 Å². The first-order chi connectivity index (χ1) is 16.0. The molecule has 2 aliphatic heterocycles. The molecule has 3 amide bonds.